The third-order valence-electron chi connectivity index (χ3n) is 2.88. The van der Waals surface area contributed by atoms with Gasteiger partial charge in [0, 0.05) is 24.6 Å². The zero-order valence-electron chi connectivity index (χ0n) is 13.4. The molecule has 0 bridgehead atoms. The highest BCUT2D eigenvalue weighted by Gasteiger charge is 2.15. The smallest absolute Gasteiger partial charge is 0.264 e. The summed E-state index contributed by atoms with van der Waals surface area (Å²) < 4.78 is 26.8. The van der Waals surface area contributed by atoms with Crippen LogP contribution >= 0.6 is 12.2 Å². The minimum absolute atomic E-state index is 0.0266. The second kappa shape index (κ2) is 8.02. The molecule has 128 valence electrons. The molecule has 0 radical (unpaired) electrons. The lowest BCUT2D eigenvalue weighted by Gasteiger charge is -2.12. The summed E-state index contributed by atoms with van der Waals surface area (Å²) in [7, 11) is -3.73. The third-order valence-corrected chi connectivity index (χ3v) is 4.48. The molecule has 0 amide bonds. The summed E-state index contributed by atoms with van der Waals surface area (Å²) in [6.45, 7) is 4.93. The molecule has 3 N–H and O–H groups in total. The molecule has 0 aliphatic heterocycles. The van der Waals surface area contributed by atoms with Gasteiger partial charge in [-0.2, -0.15) is 0 Å². The monoisotopic (exact) mass is 365 g/mol. The lowest BCUT2D eigenvalue weighted by Crippen LogP contribution is -2.31. The fourth-order valence-electron chi connectivity index (χ4n) is 1.72. The van der Waals surface area contributed by atoms with E-state index in [1.54, 1.807) is 18.2 Å². The van der Waals surface area contributed by atoms with E-state index in [1.807, 2.05) is 0 Å². The molecule has 2 aromatic rings. The van der Waals surface area contributed by atoms with Gasteiger partial charge in [0.15, 0.2) is 5.11 Å². The van der Waals surface area contributed by atoms with Crippen LogP contribution < -0.4 is 15.4 Å². The molecule has 1 heterocycles. The van der Waals surface area contributed by atoms with Gasteiger partial charge in [-0.25, -0.2) is 23.1 Å². The van der Waals surface area contributed by atoms with Crippen molar-refractivity contribution in [3.05, 3.63) is 42.7 Å². The van der Waals surface area contributed by atoms with E-state index < -0.39 is 10.0 Å². The van der Waals surface area contributed by atoms with Crippen LogP contribution in [0.3, 0.4) is 0 Å². The number of nitrogens with zero attached hydrogens (tertiary/aromatic N) is 2. The molecule has 24 heavy (non-hydrogen) atoms. The van der Waals surface area contributed by atoms with Crippen LogP contribution in [0.25, 0.3) is 0 Å². The number of nitrogens with one attached hydrogen (secondary N) is 3. The van der Waals surface area contributed by atoms with Gasteiger partial charge in [-0.3, -0.25) is 0 Å². The number of aromatic nitrogens is 2. The van der Waals surface area contributed by atoms with Crippen LogP contribution in [0.2, 0.25) is 0 Å². The molecule has 1 aromatic carbocycles. The van der Waals surface area contributed by atoms with Crippen molar-refractivity contribution in [1.82, 2.24) is 15.3 Å². The zero-order valence-corrected chi connectivity index (χ0v) is 15.0. The number of anilines is 2. The van der Waals surface area contributed by atoms with E-state index in [9.17, 15) is 8.42 Å². The maximum absolute atomic E-state index is 12.3. The number of hydrogen-bond acceptors (Lipinski definition) is 5. The van der Waals surface area contributed by atoms with Crippen molar-refractivity contribution in [1.29, 1.82) is 0 Å². The van der Waals surface area contributed by atoms with Crippen LogP contribution in [-0.4, -0.2) is 30.0 Å². The number of sulfonamides is 1. The molecule has 0 saturated carbocycles. The molecule has 0 fully saturated rings. The molecular weight excluding hydrogens is 346 g/mol. The van der Waals surface area contributed by atoms with Gasteiger partial charge in [-0.15, -0.1) is 0 Å². The Balaban J connectivity index is 2.02. The maximum atomic E-state index is 12.3. The fourth-order valence-corrected chi connectivity index (χ4v) is 2.88. The van der Waals surface area contributed by atoms with Crippen molar-refractivity contribution in [3.8, 4) is 0 Å². The molecule has 7 nitrogen and oxygen atoms in total. The first-order valence-electron chi connectivity index (χ1n) is 7.31. The first-order valence-corrected chi connectivity index (χ1v) is 9.21. The fraction of sp³-hybridized carbons (Fsp3) is 0.267. The largest absolute Gasteiger partial charge is 0.362 e. The van der Waals surface area contributed by atoms with Crippen LogP contribution in [0.15, 0.2) is 47.6 Å². The summed E-state index contributed by atoms with van der Waals surface area (Å²) in [6, 6.07) is 7.86. The number of thiocarbonyl (C=S) groups is 1. The van der Waals surface area contributed by atoms with E-state index in [0.717, 1.165) is 6.54 Å². The predicted molar refractivity (Wildman–Crippen MR) is 98.3 cm³/mol. The molecule has 9 heteroatoms. The molecule has 1 aromatic heterocycles. The van der Waals surface area contributed by atoms with Crippen LogP contribution in [0.5, 0.6) is 0 Å². The van der Waals surface area contributed by atoms with Crippen molar-refractivity contribution in [2.45, 2.75) is 18.7 Å². The molecule has 0 unspecified atom stereocenters. The molecule has 0 spiro atoms. The van der Waals surface area contributed by atoms with Crippen LogP contribution in [-0.2, 0) is 10.0 Å². The number of benzene rings is 1. The molecule has 2 rings (SSSR count). The Morgan fingerprint density at radius 3 is 2.38 bits per heavy atom. The molecule has 0 saturated heterocycles. The van der Waals surface area contributed by atoms with Gasteiger partial charge in [0.05, 0.1) is 4.90 Å². The summed E-state index contributed by atoms with van der Waals surface area (Å²) >= 11 is 5.18. The SMILES string of the molecule is CC(C)CNC(=S)Nc1ccc(S(=O)(=O)Nc2ncccn2)cc1. The third kappa shape index (κ3) is 5.43. The van der Waals surface area contributed by atoms with Crippen molar-refractivity contribution < 1.29 is 8.42 Å². The molecule has 0 aliphatic carbocycles. The summed E-state index contributed by atoms with van der Waals surface area (Å²) in [6.07, 6.45) is 2.92. The van der Waals surface area contributed by atoms with Gasteiger partial charge in [-0.05, 0) is 48.5 Å². The standard InChI is InChI=1S/C15H19N5O2S2/c1-11(2)10-18-15(23)19-12-4-6-13(7-5-12)24(21,22)20-14-16-8-3-9-17-14/h3-9,11H,10H2,1-2H3,(H,16,17,20)(H2,18,19,23). The molecule has 0 aliphatic rings. The van der Waals surface area contributed by atoms with Gasteiger partial charge < -0.3 is 10.6 Å². The number of hydrogen-bond donors (Lipinski definition) is 3. The van der Waals surface area contributed by atoms with Gasteiger partial charge >= 0.3 is 0 Å². The average molecular weight is 365 g/mol. The highest BCUT2D eigenvalue weighted by atomic mass is 32.2. The summed E-state index contributed by atoms with van der Waals surface area (Å²) in [5.41, 5.74) is 0.700. The minimum Gasteiger partial charge on any atom is -0.362 e. The lowest BCUT2D eigenvalue weighted by atomic mass is 10.2. The maximum Gasteiger partial charge on any atom is 0.264 e. The second-order valence-corrected chi connectivity index (χ2v) is 7.52. The molecular formula is C15H19N5O2S2. The van der Waals surface area contributed by atoms with Crippen LogP contribution in [0.1, 0.15) is 13.8 Å². The van der Waals surface area contributed by atoms with Crippen LogP contribution in [0, 0.1) is 5.92 Å². The van der Waals surface area contributed by atoms with E-state index in [1.165, 1.54) is 24.5 Å². The predicted octanol–water partition coefficient (Wildman–Crippen LogP) is 2.22. The Morgan fingerprint density at radius 1 is 1.17 bits per heavy atom. The van der Waals surface area contributed by atoms with E-state index in [2.05, 4.69) is 39.2 Å². The Kier molecular flexibility index (Phi) is 6.04. The van der Waals surface area contributed by atoms with Crippen molar-refractivity contribution >= 4 is 39.0 Å². The second-order valence-electron chi connectivity index (χ2n) is 5.43. The van der Waals surface area contributed by atoms with Gasteiger partial charge in [0.1, 0.15) is 0 Å². The van der Waals surface area contributed by atoms with Crippen molar-refractivity contribution in [2.24, 2.45) is 5.92 Å². The van der Waals surface area contributed by atoms with Gasteiger partial charge in [-0.1, -0.05) is 13.8 Å². The minimum atomic E-state index is -3.73. The lowest BCUT2D eigenvalue weighted by molar-refractivity contribution is 0.601. The van der Waals surface area contributed by atoms with E-state index in [0.29, 0.717) is 16.7 Å². The Labute approximate surface area is 147 Å². The average Bonchev–Trinajstić information content (AvgIpc) is 2.54. The topological polar surface area (TPSA) is 96.0 Å². The highest BCUT2D eigenvalue weighted by Crippen LogP contribution is 2.16. The van der Waals surface area contributed by atoms with Crippen molar-refractivity contribution in [2.75, 3.05) is 16.6 Å². The molecule has 0 atom stereocenters. The quantitative estimate of drug-likeness (QED) is 0.676. The summed E-state index contributed by atoms with van der Waals surface area (Å²) in [5.74, 6) is 0.502. The Morgan fingerprint density at radius 2 is 1.79 bits per heavy atom. The summed E-state index contributed by atoms with van der Waals surface area (Å²) in [5, 5.41) is 6.58. The van der Waals surface area contributed by atoms with E-state index in [4.69, 9.17) is 12.2 Å². The van der Waals surface area contributed by atoms with Crippen LogP contribution in [0.4, 0.5) is 11.6 Å². The zero-order chi connectivity index (χ0) is 17.6. The van der Waals surface area contributed by atoms with Gasteiger partial charge in [0.25, 0.3) is 10.0 Å². The van der Waals surface area contributed by atoms with Gasteiger partial charge in [0.2, 0.25) is 5.95 Å². The number of rotatable bonds is 6. The first kappa shape index (κ1) is 18.1. The first-order chi connectivity index (χ1) is 11.4. The Bertz CT molecular complexity index is 777. The Hall–Kier alpha value is -2.26. The van der Waals surface area contributed by atoms with Crippen molar-refractivity contribution in [3.63, 3.8) is 0 Å². The summed E-state index contributed by atoms with van der Waals surface area (Å²) in [4.78, 5) is 7.80. The normalized spacial score (nSPS) is 11.1. The van der Waals surface area contributed by atoms with E-state index >= 15 is 0 Å². The highest BCUT2D eigenvalue weighted by molar-refractivity contribution is 7.92. The van der Waals surface area contributed by atoms with E-state index in [-0.39, 0.29) is 10.8 Å².